The second kappa shape index (κ2) is 5.00. The fourth-order valence-electron chi connectivity index (χ4n) is 1.98. The Bertz CT molecular complexity index is 433. The van der Waals surface area contributed by atoms with Crippen LogP contribution in [0.5, 0.6) is 0 Å². The van der Waals surface area contributed by atoms with Gasteiger partial charge in [-0.3, -0.25) is 4.79 Å². The van der Waals surface area contributed by atoms with Crippen molar-refractivity contribution >= 4 is 27.7 Å². The van der Waals surface area contributed by atoms with Crippen LogP contribution in [0.1, 0.15) is 12.8 Å². The van der Waals surface area contributed by atoms with Crippen LogP contribution in [0.3, 0.4) is 0 Å². The normalized spacial score (nSPS) is 17.2. The first-order chi connectivity index (χ1) is 8.08. The van der Waals surface area contributed by atoms with Crippen molar-refractivity contribution in [3.63, 3.8) is 0 Å². The van der Waals surface area contributed by atoms with Crippen molar-refractivity contribution in [2.24, 2.45) is 5.92 Å². The fraction of sp³-hybridized carbons (Fsp3) is 0.455. The molecule has 0 bridgehead atoms. The number of piperidine rings is 1. The molecule has 0 atom stereocenters. The van der Waals surface area contributed by atoms with Crippen LogP contribution in [0.25, 0.3) is 0 Å². The minimum Gasteiger partial charge on any atom is -0.481 e. The standard InChI is InChI=1S/C11H12BrFN2O2/c12-9-5-8(13)6-14-10(9)15-3-1-7(2-4-15)11(16)17/h5-7H,1-4H2,(H,16,17). The Morgan fingerprint density at radius 2 is 2.18 bits per heavy atom. The summed E-state index contributed by atoms with van der Waals surface area (Å²) in [5.41, 5.74) is 0. The summed E-state index contributed by atoms with van der Waals surface area (Å²) in [4.78, 5) is 16.8. The van der Waals surface area contributed by atoms with Gasteiger partial charge in [0.2, 0.25) is 0 Å². The zero-order valence-corrected chi connectivity index (χ0v) is 10.7. The van der Waals surface area contributed by atoms with Crippen LogP contribution in [0.2, 0.25) is 0 Å². The first kappa shape index (κ1) is 12.3. The Morgan fingerprint density at radius 1 is 1.53 bits per heavy atom. The molecule has 0 aromatic carbocycles. The summed E-state index contributed by atoms with van der Waals surface area (Å²) < 4.78 is 13.5. The molecule has 1 N–H and O–H groups in total. The summed E-state index contributed by atoms with van der Waals surface area (Å²) in [6.07, 6.45) is 2.37. The third-order valence-electron chi connectivity index (χ3n) is 2.93. The van der Waals surface area contributed by atoms with Crippen molar-refractivity contribution in [1.82, 2.24) is 4.98 Å². The van der Waals surface area contributed by atoms with E-state index < -0.39 is 5.97 Å². The largest absolute Gasteiger partial charge is 0.481 e. The number of halogens is 2. The zero-order chi connectivity index (χ0) is 12.4. The number of aliphatic carboxylic acids is 1. The molecule has 2 heterocycles. The van der Waals surface area contributed by atoms with E-state index in [9.17, 15) is 9.18 Å². The van der Waals surface area contributed by atoms with E-state index in [0.717, 1.165) is 0 Å². The van der Waals surface area contributed by atoms with Gasteiger partial charge in [0.25, 0.3) is 0 Å². The van der Waals surface area contributed by atoms with E-state index in [1.807, 2.05) is 4.90 Å². The van der Waals surface area contributed by atoms with Crippen molar-refractivity contribution in [3.8, 4) is 0 Å². The van der Waals surface area contributed by atoms with Crippen LogP contribution in [-0.2, 0) is 4.79 Å². The van der Waals surface area contributed by atoms with Crippen molar-refractivity contribution in [2.75, 3.05) is 18.0 Å². The molecular formula is C11H12BrFN2O2. The Hall–Kier alpha value is -1.17. The van der Waals surface area contributed by atoms with Crippen LogP contribution >= 0.6 is 15.9 Å². The second-order valence-corrected chi connectivity index (χ2v) is 4.91. The molecule has 2 rings (SSSR count). The molecule has 0 saturated carbocycles. The highest BCUT2D eigenvalue weighted by atomic mass is 79.9. The van der Waals surface area contributed by atoms with Gasteiger partial charge >= 0.3 is 5.97 Å². The van der Waals surface area contributed by atoms with Crippen molar-refractivity contribution in [1.29, 1.82) is 0 Å². The van der Waals surface area contributed by atoms with E-state index in [1.54, 1.807) is 0 Å². The maximum Gasteiger partial charge on any atom is 0.306 e. The molecule has 0 unspecified atom stereocenters. The smallest absolute Gasteiger partial charge is 0.306 e. The van der Waals surface area contributed by atoms with E-state index >= 15 is 0 Å². The zero-order valence-electron chi connectivity index (χ0n) is 9.07. The molecular weight excluding hydrogens is 291 g/mol. The lowest BCUT2D eigenvalue weighted by Gasteiger charge is -2.31. The lowest BCUT2D eigenvalue weighted by atomic mass is 9.97. The van der Waals surface area contributed by atoms with Gasteiger partial charge in [-0.05, 0) is 34.8 Å². The second-order valence-electron chi connectivity index (χ2n) is 4.06. The van der Waals surface area contributed by atoms with Crippen LogP contribution in [0.15, 0.2) is 16.7 Å². The number of aromatic nitrogens is 1. The van der Waals surface area contributed by atoms with Crippen molar-refractivity contribution < 1.29 is 14.3 Å². The van der Waals surface area contributed by atoms with Gasteiger partial charge in [-0.1, -0.05) is 0 Å². The third-order valence-corrected chi connectivity index (χ3v) is 3.52. The maximum absolute atomic E-state index is 12.9. The number of anilines is 1. The molecule has 0 radical (unpaired) electrons. The summed E-state index contributed by atoms with van der Waals surface area (Å²) in [7, 11) is 0. The molecule has 92 valence electrons. The molecule has 4 nitrogen and oxygen atoms in total. The maximum atomic E-state index is 12.9. The Balaban J connectivity index is 2.08. The molecule has 1 aromatic rings. The fourth-order valence-corrected chi connectivity index (χ4v) is 2.55. The van der Waals surface area contributed by atoms with Crippen LogP contribution in [0.4, 0.5) is 10.2 Å². The SMILES string of the molecule is O=C(O)C1CCN(c2ncc(F)cc2Br)CC1. The van der Waals surface area contributed by atoms with Gasteiger partial charge in [0.1, 0.15) is 11.6 Å². The Kier molecular flexibility index (Phi) is 3.61. The number of carboxylic acids is 1. The van der Waals surface area contributed by atoms with E-state index in [4.69, 9.17) is 5.11 Å². The number of carboxylic acid groups (broad SMARTS) is 1. The minimum atomic E-state index is -0.740. The Labute approximate surface area is 107 Å². The first-order valence-electron chi connectivity index (χ1n) is 5.36. The summed E-state index contributed by atoms with van der Waals surface area (Å²) >= 11 is 3.27. The highest BCUT2D eigenvalue weighted by Gasteiger charge is 2.25. The van der Waals surface area contributed by atoms with Gasteiger partial charge in [0.05, 0.1) is 16.6 Å². The molecule has 1 fully saturated rings. The lowest BCUT2D eigenvalue weighted by molar-refractivity contribution is -0.142. The highest BCUT2D eigenvalue weighted by Crippen LogP contribution is 2.28. The van der Waals surface area contributed by atoms with Gasteiger partial charge in [0, 0.05) is 13.1 Å². The number of pyridine rings is 1. The van der Waals surface area contributed by atoms with Gasteiger partial charge in [-0.15, -0.1) is 0 Å². The topological polar surface area (TPSA) is 53.4 Å². The molecule has 1 aliphatic heterocycles. The molecule has 0 spiro atoms. The molecule has 1 aromatic heterocycles. The van der Waals surface area contributed by atoms with E-state index in [1.165, 1.54) is 12.3 Å². The van der Waals surface area contributed by atoms with Gasteiger partial charge in [-0.2, -0.15) is 0 Å². The summed E-state index contributed by atoms with van der Waals surface area (Å²) in [5, 5.41) is 8.89. The van der Waals surface area contributed by atoms with E-state index in [-0.39, 0.29) is 11.7 Å². The monoisotopic (exact) mass is 302 g/mol. The number of rotatable bonds is 2. The average molecular weight is 303 g/mol. The predicted molar refractivity (Wildman–Crippen MR) is 64.5 cm³/mol. The van der Waals surface area contributed by atoms with Gasteiger partial charge in [0.15, 0.2) is 0 Å². The lowest BCUT2D eigenvalue weighted by Crippen LogP contribution is -2.37. The summed E-state index contributed by atoms with van der Waals surface area (Å²) in [5.74, 6) is -0.724. The van der Waals surface area contributed by atoms with E-state index in [2.05, 4.69) is 20.9 Å². The number of hydrogen-bond acceptors (Lipinski definition) is 3. The number of carbonyl (C=O) groups is 1. The van der Waals surface area contributed by atoms with Crippen molar-refractivity contribution in [2.45, 2.75) is 12.8 Å². The van der Waals surface area contributed by atoms with Crippen LogP contribution < -0.4 is 4.90 Å². The van der Waals surface area contributed by atoms with E-state index in [0.29, 0.717) is 36.2 Å². The molecule has 17 heavy (non-hydrogen) atoms. The van der Waals surface area contributed by atoms with Gasteiger partial charge < -0.3 is 10.0 Å². The first-order valence-corrected chi connectivity index (χ1v) is 6.16. The third kappa shape index (κ3) is 2.74. The van der Waals surface area contributed by atoms with Crippen LogP contribution in [-0.4, -0.2) is 29.1 Å². The minimum absolute atomic E-state index is 0.273. The number of nitrogens with zero attached hydrogens (tertiary/aromatic N) is 2. The summed E-state index contributed by atoms with van der Waals surface area (Å²) in [6, 6.07) is 1.37. The molecule has 0 aliphatic carbocycles. The van der Waals surface area contributed by atoms with Crippen LogP contribution in [0, 0.1) is 11.7 Å². The van der Waals surface area contributed by atoms with Gasteiger partial charge in [-0.25, -0.2) is 9.37 Å². The molecule has 1 aliphatic rings. The molecule has 0 amide bonds. The predicted octanol–water partition coefficient (Wildman–Crippen LogP) is 2.28. The Morgan fingerprint density at radius 3 is 2.71 bits per heavy atom. The molecule has 6 heteroatoms. The summed E-state index contributed by atoms with van der Waals surface area (Å²) in [6.45, 7) is 1.27. The quantitative estimate of drug-likeness (QED) is 0.911. The average Bonchev–Trinajstić information content (AvgIpc) is 2.29. The highest BCUT2D eigenvalue weighted by molar-refractivity contribution is 9.10. The number of hydrogen-bond donors (Lipinski definition) is 1. The molecule has 1 saturated heterocycles. The van der Waals surface area contributed by atoms with Crippen molar-refractivity contribution in [3.05, 3.63) is 22.6 Å².